The topological polar surface area (TPSA) is 96.2 Å². The van der Waals surface area contributed by atoms with Crippen LogP contribution in [0.4, 0.5) is 0 Å². The molecular weight excluding hydrogens is 264 g/mol. The smallest absolute Gasteiger partial charge is 0.263 e. The number of rotatable bonds is 6. The Bertz CT molecular complexity index is 447. The number of aliphatic hydroxyl groups excluding tert-OH is 3. The van der Waals surface area contributed by atoms with Gasteiger partial charge < -0.3 is 24.8 Å². The van der Waals surface area contributed by atoms with Crippen molar-refractivity contribution in [3.05, 3.63) is 48.0 Å². The Hall–Kier alpha value is -1.89. The second kappa shape index (κ2) is 8.31. The molecule has 1 aliphatic heterocycles. The number of Topliss-reactive ketones (excluding diaryl/α,β-unsaturated/α-hetero) is 1. The first-order chi connectivity index (χ1) is 9.61. The molecule has 3 N–H and O–H groups in total. The van der Waals surface area contributed by atoms with E-state index in [9.17, 15) is 15.0 Å². The number of ketones is 1. The van der Waals surface area contributed by atoms with Crippen molar-refractivity contribution in [2.75, 3.05) is 13.2 Å². The summed E-state index contributed by atoms with van der Waals surface area (Å²) in [4.78, 5) is 11.6. The summed E-state index contributed by atoms with van der Waals surface area (Å²) >= 11 is 0. The SMILES string of the molecule is C/C=C/C=C/C=C/CO[C@@H]1OC(CO)=C(O)C(O)C1=O. The van der Waals surface area contributed by atoms with E-state index in [1.807, 2.05) is 25.2 Å². The molecule has 1 heterocycles. The summed E-state index contributed by atoms with van der Waals surface area (Å²) in [6.45, 7) is 1.36. The van der Waals surface area contributed by atoms with Crippen LogP contribution >= 0.6 is 0 Å². The van der Waals surface area contributed by atoms with Gasteiger partial charge in [-0.2, -0.15) is 0 Å². The Kier molecular flexibility index (Phi) is 6.72. The van der Waals surface area contributed by atoms with E-state index in [0.29, 0.717) is 0 Å². The van der Waals surface area contributed by atoms with Crippen LogP contribution in [0.1, 0.15) is 6.92 Å². The van der Waals surface area contributed by atoms with Crippen molar-refractivity contribution in [3.63, 3.8) is 0 Å². The van der Waals surface area contributed by atoms with Crippen molar-refractivity contribution in [2.24, 2.45) is 0 Å². The molecule has 0 radical (unpaired) electrons. The van der Waals surface area contributed by atoms with E-state index < -0.39 is 30.5 Å². The summed E-state index contributed by atoms with van der Waals surface area (Å²) < 4.78 is 10.1. The summed E-state index contributed by atoms with van der Waals surface area (Å²) in [6.07, 6.45) is 7.66. The molecule has 6 nitrogen and oxygen atoms in total. The first-order valence-corrected chi connectivity index (χ1v) is 6.09. The monoisotopic (exact) mass is 282 g/mol. The van der Waals surface area contributed by atoms with Crippen LogP contribution in [0.5, 0.6) is 0 Å². The van der Waals surface area contributed by atoms with Gasteiger partial charge in [0.1, 0.15) is 6.61 Å². The molecule has 0 spiro atoms. The molecule has 0 aromatic carbocycles. The molecule has 1 rings (SSSR count). The van der Waals surface area contributed by atoms with Gasteiger partial charge in [-0.25, -0.2) is 0 Å². The minimum absolute atomic E-state index is 0.0861. The molecular formula is C14H18O6. The Morgan fingerprint density at radius 1 is 1.30 bits per heavy atom. The molecule has 0 bridgehead atoms. The van der Waals surface area contributed by atoms with Gasteiger partial charge in [0.25, 0.3) is 6.29 Å². The molecule has 0 aliphatic carbocycles. The predicted molar refractivity (Wildman–Crippen MR) is 71.7 cm³/mol. The Morgan fingerprint density at radius 3 is 2.65 bits per heavy atom. The van der Waals surface area contributed by atoms with E-state index in [2.05, 4.69) is 0 Å². The van der Waals surface area contributed by atoms with E-state index in [4.69, 9.17) is 14.6 Å². The first kappa shape index (κ1) is 16.2. The average molecular weight is 282 g/mol. The molecule has 0 saturated carbocycles. The summed E-state index contributed by atoms with van der Waals surface area (Å²) in [7, 11) is 0. The van der Waals surface area contributed by atoms with Crippen LogP contribution in [0, 0.1) is 0 Å². The molecule has 1 aliphatic rings. The van der Waals surface area contributed by atoms with Crippen LogP contribution in [0.25, 0.3) is 0 Å². The third-order valence-corrected chi connectivity index (χ3v) is 2.45. The lowest BCUT2D eigenvalue weighted by Gasteiger charge is -2.26. The van der Waals surface area contributed by atoms with Crippen molar-refractivity contribution in [3.8, 4) is 0 Å². The van der Waals surface area contributed by atoms with Crippen LogP contribution in [0.2, 0.25) is 0 Å². The molecule has 0 saturated heterocycles. The van der Waals surface area contributed by atoms with Crippen molar-refractivity contribution in [2.45, 2.75) is 19.3 Å². The largest absolute Gasteiger partial charge is 0.506 e. The number of aliphatic hydroxyl groups is 3. The normalized spacial score (nSPS) is 24.2. The van der Waals surface area contributed by atoms with Gasteiger partial charge in [0.2, 0.25) is 5.78 Å². The van der Waals surface area contributed by atoms with Crippen molar-refractivity contribution in [1.29, 1.82) is 0 Å². The zero-order valence-corrected chi connectivity index (χ0v) is 11.1. The van der Waals surface area contributed by atoms with Gasteiger partial charge in [-0.15, -0.1) is 0 Å². The third-order valence-electron chi connectivity index (χ3n) is 2.45. The highest BCUT2D eigenvalue weighted by Gasteiger charge is 2.38. The van der Waals surface area contributed by atoms with E-state index >= 15 is 0 Å². The minimum Gasteiger partial charge on any atom is -0.506 e. The lowest BCUT2D eigenvalue weighted by atomic mass is 10.1. The van der Waals surface area contributed by atoms with Gasteiger partial charge in [-0.3, -0.25) is 4.79 Å². The molecule has 0 amide bonds. The molecule has 20 heavy (non-hydrogen) atoms. The number of allylic oxidation sites excluding steroid dienone is 5. The second-order valence-corrected chi connectivity index (χ2v) is 3.89. The van der Waals surface area contributed by atoms with E-state index in [1.54, 1.807) is 18.2 Å². The van der Waals surface area contributed by atoms with Crippen LogP contribution in [0.3, 0.4) is 0 Å². The lowest BCUT2D eigenvalue weighted by molar-refractivity contribution is -0.174. The summed E-state index contributed by atoms with van der Waals surface area (Å²) in [5.41, 5.74) is 0. The van der Waals surface area contributed by atoms with Crippen LogP contribution in [-0.4, -0.2) is 46.7 Å². The maximum Gasteiger partial charge on any atom is 0.263 e. The van der Waals surface area contributed by atoms with Crippen LogP contribution < -0.4 is 0 Å². The molecule has 6 heteroatoms. The quantitative estimate of drug-likeness (QED) is 0.622. The molecule has 2 atom stereocenters. The summed E-state index contributed by atoms with van der Waals surface area (Å²) in [5.74, 6) is -1.75. The number of ether oxygens (including phenoxy) is 2. The van der Waals surface area contributed by atoms with Gasteiger partial charge in [-0.1, -0.05) is 36.5 Å². The van der Waals surface area contributed by atoms with Gasteiger partial charge in [0.15, 0.2) is 17.6 Å². The Balaban J connectivity index is 2.51. The fourth-order valence-electron chi connectivity index (χ4n) is 1.41. The van der Waals surface area contributed by atoms with Crippen molar-refractivity contribution in [1.82, 2.24) is 0 Å². The van der Waals surface area contributed by atoms with Crippen molar-refractivity contribution >= 4 is 5.78 Å². The Morgan fingerprint density at radius 2 is 2.00 bits per heavy atom. The maximum absolute atomic E-state index is 11.6. The summed E-state index contributed by atoms with van der Waals surface area (Å²) in [6, 6.07) is 0. The fraction of sp³-hybridized carbons (Fsp3) is 0.357. The molecule has 0 aromatic heterocycles. The molecule has 110 valence electrons. The average Bonchev–Trinajstić information content (AvgIpc) is 2.46. The lowest BCUT2D eigenvalue weighted by Crippen LogP contribution is -2.42. The Labute approximate surface area is 116 Å². The highest BCUT2D eigenvalue weighted by molar-refractivity contribution is 5.89. The van der Waals surface area contributed by atoms with Crippen LogP contribution in [-0.2, 0) is 14.3 Å². The van der Waals surface area contributed by atoms with Crippen molar-refractivity contribution < 1.29 is 29.6 Å². The first-order valence-electron chi connectivity index (χ1n) is 6.09. The van der Waals surface area contributed by atoms with E-state index in [1.165, 1.54) is 0 Å². The summed E-state index contributed by atoms with van der Waals surface area (Å²) in [5, 5.41) is 27.7. The van der Waals surface area contributed by atoms with Gasteiger partial charge in [0, 0.05) is 0 Å². The highest BCUT2D eigenvalue weighted by Crippen LogP contribution is 2.20. The van der Waals surface area contributed by atoms with Gasteiger partial charge in [0.05, 0.1) is 6.61 Å². The molecule has 0 aromatic rings. The third kappa shape index (κ3) is 4.34. The van der Waals surface area contributed by atoms with Crippen LogP contribution in [0.15, 0.2) is 48.0 Å². The zero-order valence-electron chi connectivity index (χ0n) is 11.1. The number of hydrogen-bond acceptors (Lipinski definition) is 6. The van der Waals surface area contributed by atoms with Gasteiger partial charge in [-0.05, 0) is 6.92 Å². The van der Waals surface area contributed by atoms with Gasteiger partial charge >= 0.3 is 0 Å². The molecule has 0 fully saturated rings. The second-order valence-electron chi connectivity index (χ2n) is 3.89. The number of carbonyl (C=O) groups excluding carboxylic acids is 1. The predicted octanol–water partition coefficient (Wildman–Crippen LogP) is 0.740. The molecule has 1 unspecified atom stereocenters. The van der Waals surface area contributed by atoms with E-state index in [-0.39, 0.29) is 12.4 Å². The minimum atomic E-state index is -1.73. The zero-order chi connectivity index (χ0) is 15.0. The van der Waals surface area contributed by atoms with E-state index in [0.717, 1.165) is 0 Å². The number of hydrogen-bond donors (Lipinski definition) is 3. The standard InChI is InChI=1S/C14H18O6/c1-2-3-4-5-6-7-8-19-14-13(18)12(17)11(16)10(9-15)20-14/h2-7,12,14-17H,8-9H2,1H3/b3-2+,5-4+,7-6+/t12?,14-/m1/s1. The highest BCUT2D eigenvalue weighted by atomic mass is 16.7. The fourth-order valence-corrected chi connectivity index (χ4v) is 1.41. The number of carbonyl (C=O) groups is 1. The maximum atomic E-state index is 11.6.